The Morgan fingerprint density at radius 2 is 1.52 bits per heavy atom. The average Bonchev–Trinajstić information content (AvgIpc) is 2.93. The Bertz CT molecular complexity index is 1610. The second-order valence-electron chi connectivity index (χ2n) is 9.34. The highest BCUT2D eigenvalue weighted by Gasteiger charge is 2.29. The summed E-state index contributed by atoms with van der Waals surface area (Å²) < 4.78 is 28.5. The Kier molecular flexibility index (Phi) is 9.24. The fraction of sp³-hybridized carbons (Fsp3) is 0.161. The number of anilines is 2. The maximum Gasteiger partial charge on any atom is 0.264 e. The second kappa shape index (κ2) is 12.8. The Morgan fingerprint density at radius 3 is 2.23 bits per heavy atom. The Labute approximate surface area is 239 Å². The zero-order chi connectivity index (χ0) is 28.7. The van der Waals surface area contributed by atoms with Gasteiger partial charge in [-0.25, -0.2) is 8.42 Å². The number of rotatable bonds is 10. The van der Waals surface area contributed by atoms with E-state index in [4.69, 9.17) is 11.6 Å². The highest BCUT2D eigenvalue weighted by molar-refractivity contribution is 7.92. The molecule has 4 aromatic carbocycles. The molecular formula is C31H30ClN3O4S. The number of para-hydroxylation sites is 1. The highest BCUT2D eigenvalue weighted by atomic mass is 35.5. The van der Waals surface area contributed by atoms with Crippen LogP contribution in [0.4, 0.5) is 11.4 Å². The maximum atomic E-state index is 13.7. The van der Waals surface area contributed by atoms with E-state index in [0.29, 0.717) is 29.2 Å². The molecule has 0 radical (unpaired) electrons. The van der Waals surface area contributed by atoms with Gasteiger partial charge in [-0.2, -0.15) is 0 Å². The van der Waals surface area contributed by atoms with E-state index < -0.39 is 22.5 Å². The first-order chi connectivity index (χ1) is 19.1. The van der Waals surface area contributed by atoms with Crippen molar-refractivity contribution in [2.45, 2.75) is 25.2 Å². The monoisotopic (exact) mass is 575 g/mol. The summed E-state index contributed by atoms with van der Waals surface area (Å²) in [5, 5.41) is 6.06. The topological polar surface area (TPSA) is 95.6 Å². The molecule has 2 N–H and O–H groups in total. The van der Waals surface area contributed by atoms with Crippen LogP contribution in [0.3, 0.4) is 0 Å². The van der Waals surface area contributed by atoms with Crippen LogP contribution in [0.2, 0.25) is 5.02 Å². The number of hydrogen-bond donors (Lipinski definition) is 2. The SMILES string of the molecule is Cc1ccc(S(=O)(=O)N(CC(=O)Nc2ccccc2C(=O)NCCc2ccccc2)c2ccc(Cl)cc2C)cc1. The molecule has 0 aliphatic rings. The van der Waals surface area contributed by atoms with Crippen LogP contribution in [-0.2, 0) is 21.2 Å². The van der Waals surface area contributed by atoms with Gasteiger partial charge >= 0.3 is 0 Å². The van der Waals surface area contributed by atoms with Crippen LogP contribution in [0.15, 0.2) is 102 Å². The zero-order valence-electron chi connectivity index (χ0n) is 22.2. The number of benzene rings is 4. The van der Waals surface area contributed by atoms with Crippen molar-refractivity contribution in [1.29, 1.82) is 0 Å². The van der Waals surface area contributed by atoms with Gasteiger partial charge in [-0.15, -0.1) is 0 Å². The molecule has 0 aromatic heterocycles. The van der Waals surface area contributed by atoms with E-state index in [-0.39, 0.29) is 22.1 Å². The summed E-state index contributed by atoms with van der Waals surface area (Å²) in [6.07, 6.45) is 0.660. The number of sulfonamides is 1. The van der Waals surface area contributed by atoms with Crippen molar-refractivity contribution in [3.8, 4) is 0 Å². The summed E-state index contributed by atoms with van der Waals surface area (Å²) in [4.78, 5) is 26.3. The number of aryl methyl sites for hydroxylation is 2. The van der Waals surface area contributed by atoms with E-state index in [9.17, 15) is 18.0 Å². The van der Waals surface area contributed by atoms with E-state index >= 15 is 0 Å². The second-order valence-corrected chi connectivity index (χ2v) is 11.6. The summed E-state index contributed by atoms with van der Waals surface area (Å²) in [6.45, 7) is 3.50. The predicted molar refractivity (Wildman–Crippen MR) is 159 cm³/mol. The fourth-order valence-electron chi connectivity index (χ4n) is 4.21. The number of carbonyl (C=O) groups is 2. The molecule has 0 heterocycles. The van der Waals surface area contributed by atoms with E-state index in [1.165, 1.54) is 12.1 Å². The predicted octanol–water partition coefficient (Wildman–Crippen LogP) is 5.76. The normalized spacial score (nSPS) is 11.1. The molecule has 0 aliphatic heterocycles. The van der Waals surface area contributed by atoms with Gasteiger partial charge in [0, 0.05) is 11.6 Å². The molecule has 7 nitrogen and oxygen atoms in total. The quantitative estimate of drug-likeness (QED) is 0.251. The molecule has 9 heteroatoms. The molecule has 0 saturated carbocycles. The van der Waals surface area contributed by atoms with E-state index in [0.717, 1.165) is 15.4 Å². The van der Waals surface area contributed by atoms with Crippen molar-refractivity contribution >= 4 is 44.8 Å². The lowest BCUT2D eigenvalue weighted by atomic mass is 10.1. The Morgan fingerprint density at radius 1 is 0.850 bits per heavy atom. The van der Waals surface area contributed by atoms with Gasteiger partial charge < -0.3 is 10.6 Å². The van der Waals surface area contributed by atoms with Crippen LogP contribution >= 0.6 is 11.6 Å². The van der Waals surface area contributed by atoms with Gasteiger partial charge in [-0.1, -0.05) is 71.8 Å². The minimum absolute atomic E-state index is 0.0541. The number of hydrogen-bond acceptors (Lipinski definition) is 4. The number of nitrogens with zero attached hydrogens (tertiary/aromatic N) is 1. The number of amides is 2. The fourth-order valence-corrected chi connectivity index (χ4v) is 5.92. The lowest BCUT2D eigenvalue weighted by molar-refractivity contribution is -0.114. The van der Waals surface area contributed by atoms with Gasteiger partial charge in [-0.3, -0.25) is 13.9 Å². The number of halogens is 1. The maximum absolute atomic E-state index is 13.7. The van der Waals surface area contributed by atoms with Crippen molar-refractivity contribution in [2.24, 2.45) is 0 Å². The van der Waals surface area contributed by atoms with E-state index in [1.54, 1.807) is 61.5 Å². The first-order valence-corrected chi connectivity index (χ1v) is 14.5. The summed E-state index contributed by atoms with van der Waals surface area (Å²) in [6, 6.07) is 27.6. The standard InChI is InChI=1S/C31H30ClN3O4S/c1-22-12-15-26(16-13-22)40(38,39)35(29-17-14-25(32)20-23(29)2)21-30(36)34-28-11-7-6-10-27(28)31(37)33-19-18-24-8-4-3-5-9-24/h3-17,20H,18-19,21H2,1-2H3,(H,33,37)(H,34,36). The van der Waals surface area contributed by atoms with Crippen LogP contribution in [0.5, 0.6) is 0 Å². The lowest BCUT2D eigenvalue weighted by Gasteiger charge is -2.26. The van der Waals surface area contributed by atoms with Crippen molar-refractivity contribution < 1.29 is 18.0 Å². The third kappa shape index (κ3) is 7.08. The van der Waals surface area contributed by atoms with Crippen molar-refractivity contribution in [2.75, 3.05) is 22.7 Å². The third-order valence-corrected chi connectivity index (χ3v) is 8.32. The summed E-state index contributed by atoms with van der Waals surface area (Å²) in [7, 11) is -4.11. The molecule has 2 amide bonds. The van der Waals surface area contributed by atoms with Crippen LogP contribution in [0.1, 0.15) is 27.0 Å². The summed E-state index contributed by atoms with van der Waals surface area (Å²) in [5.74, 6) is -0.945. The molecule has 40 heavy (non-hydrogen) atoms. The molecule has 0 bridgehead atoms. The van der Waals surface area contributed by atoms with Crippen molar-refractivity contribution in [3.63, 3.8) is 0 Å². The minimum atomic E-state index is -4.11. The molecule has 4 aromatic rings. The molecule has 206 valence electrons. The number of carbonyl (C=O) groups excluding carboxylic acids is 2. The van der Waals surface area contributed by atoms with E-state index in [1.807, 2.05) is 37.3 Å². The van der Waals surface area contributed by atoms with Gasteiger partial charge in [-0.05, 0) is 73.9 Å². The van der Waals surface area contributed by atoms with Gasteiger partial charge in [0.05, 0.1) is 21.8 Å². The Hall–Kier alpha value is -4.14. The van der Waals surface area contributed by atoms with Gasteiger partial charge in [0.25, 0.3) is 15.9 Å². The smallest absolute Gasteiger partial charge is 0.264 e. The Balaban J connectivity index is 1.55. The lowest BCUT2D eigenvalue weighted by Crippen LogP contribution is -2.39. The first-order valence-electron chi connectivity index (χ1n) is 12.7. The molecule has 0 saturated heterocycles. The largest absolute Gasteiger partial charge is 0.352 e. The molecule has 4 rings (SSSR count). The summed E-state index contributed by atoms with van der Waals surface area (Å²) >= 11 is 6.12. The van der Waals surface area contributed by atoms with Crippen LogP contribution < -0.4 is 14.9 Å². The molecule has 0 atom stereocenters. The van der Waals surface area contributed by atoms with Crippen LogP contribution in [0.25, 0.3) is 0 Å². The third-order valence-electron chi connectivity index (χ3n) is 6.31. The molecule has 0 unspecified atom stereocenters. The summed E-state index contributed by atoms with van der Waals surface area (Å²) in [5.41, 5.74) is 3.48. The highest BCUT2D eigenvalue weighted by Crippen LogP contribution is 2.29. The zero-order valence-corrected chi connectivity index (χ0v) is 23.8. The number of nitrogens with one attached hydrogen (secondary N) is 2. The molecular weight excluding hydrogens is 546 g/mol. The van der Waals surface area contributed by atoms with Gasteiger partial charge in [0.1, 0.15) is 6.54 Å². The average molecular weight is 576 g/mol. The van der Waals surface area contributed by atoms with Gasteiger partial charge in [0.2, 0.25) is 5.91 Å². The van der Waals surface area contributed by atoms with Crippen LogP contribution in [0, 0.1) is 13.8 Å². The first kappa shape index (κ1) is 28.9. The molecule has 0 fully saturated rings. The molecule has 0 spiro atoms. The van der Waals surface area contributed by atoms with Crippen LogP contribution in [-0.4, -0.2) is 33.3 Å². The molecule has 0 aliphatic carbocycles. The van der Waals surface area contributed by atoms with Gasteiger partial charge in [0.15, 0.2) is 0 Å². The van der Waals surface area contributed by atoms with E-state index in [2.05, 4.69) is 10.6 Å². The van der Waals surface area contributed by atoms with Crippen molar-refractivity contribution in [1.82, 2.24) is 5.32 Å². The van der Waals surface area contributed by atoms with Crippen molar-refractivity contribution in [3.05, 3.63) is 124 Å². The minimum Gasteiger partial charge on any atom is -0.352 e.